The van der Waals surface area contributed by atoms with Gasteiger partial charge < -0.3 is 10.2 Å². The molecule has 0 bridgehead atoms. The van der Waals surface area contributed by atoms with Crippen molar-refractivity contribution >= 4 is 11.9 Å². The zero-order chi connectivity index (χ0) is 15.4. The fourth-order valence-corrected chi connectivity index (χ4v) is 2.80. The average Bonchev–Trinajstić information content (AvgIpc) is 2.45. The number of alkyl halides is 3. The minimum atomic E-state index is -2.07. The van der Waals surface area contributed by atoms with E-state index >= 15 is 0 Å². The molecule has 4 atom stereocenters. The second-order valence-corrected chi connectivity index (χ2v) is 5.69. The van der Waals surface area contributed by atoms with Crippen LogP contribution in [-0.2, 0) is 0 Å². The van der Waals surface area contributed by atoms with Crippen LogP contribution in [0, 0.1) is 10.8 Å². The van der Waals surface area contributed by atoms with Crippen LogP contribution >= 0.6 is 0 Å². The molecule has 0 amide bonds. The van der Waals surface area contributed by atoms with E-state index < -0.39 is 24.6 Å². The molecular weight excluding hydrogens is 283 g/mol. The lowest BCUT2D eigenvalue weighted by Crippen LogP contribution is -2.54. The Balaban J connectivity index is 1.77. The van der Waals surface area contributed by atoms with Gasteiger partial charge >= 0.3 is 0 Å². The number of hydrogen-bond donors (Lipinski definition) is 4. The van der Waals surface area contributed by atoms with Gasteiger partial charge in [-0.1, -0.05) is 0 Å². The summed E-state index contributed by atoms with van der Waals surface area (Å²) in [6.45, 7) is 1.54. The maximum absolute atomic E-state index is 13.3. The molecule has 1 saturated heterocycles. The maximum Gasteiger partial charge on any atom is 0.197 e. The van der Waals surface area contributed by atoms with Gasteiger partial charge in [-0.2, -0.15) is 0 Å². The third-order valence-corrected chi connectivity index (χ3v) is 3.97. The summed E-state index contributed by atoms with van der Waals surface area (Å²) in [6.07, 6.45) is -2.93. The van der Waals surface area contributed by atoms with Crippen molar-refractivity contribution in [2.24, 2.45) is 0 Å². The second kappa shape index (κ2) is 7.00. The molecule has 0 aromatic rings. The smallest absolute Gasteiger partial charge is 0.197 e. The fraction of sp³-hybridized carbons (Fsp3) is 0.846. The number of halogens is 3. The highest BCUT2D eigenvalue weighted by Gasteiger charge is 2.39. The molecule has 0 spiro atoms. The van der Waals surface area contributed by atoms with Gasteiger partial charge in [-0.3, -0.25) is 16.1 Å². The van der Waals surface area contributed by atoms with Crippen molar-refractivity contribution < 1.29 is 13.2 Å². The van der Waals surface area contributed by atoms with Crippen LogP contribution in [0.2, 0.25) is 0 Å². The summed E-state index contributed by atoms with van der Waals surface area (Å²) in [7, 11) is 0. The quantitative estimate of drug-likeness (QED) is 0.440. The number of piperidine rings is 1. The van der Waals surface area contributed by atoms with E-state index in [0.29, 0.717) is 0 Å². The van der Waals surface area contributed by atoms with Gasteiger partial charge in [-0.05, 0) is 19.3 Å². The van der Waals surface area contributed by atoms with Gasteiger partial charge in [0.1, 0.15) is 12.3 Å². The largest absolute Gasteiger partial charge is 0.353 e. The van der Waals surface area contributed by atoms with Crippen LogP contribution in [0.15, 0.2) is 0 Å². The van der Waals surface area contributed by atoms with Crippen LogP contribution in [0.3, 0.4) is 0 Å². The SMILES string of the molecule is N=C(NC(=N)N1CCCCC1)NC1CC(F)C(F)[C@@H](F)C1. The minimum Gasteiger partial charge on any atom is -0.353 e. The van der Waals surface area contributed by atoms with Crippen molar-refractivity contribution in [3.8, 4) is 0 Å². The van der Waals surface area contributed by atoms with Crippen LogP contribution in [0.1, 0.15) is 32.1 Å². The van der Waals surface area contributed by atoms with Crippen LogP contribution in [0.25, 0.3) is 0 Å². The lowest BCUT2D eigenvalue weighted by molar-refractivity contribution is 0.0317. The van der Waals surface area contributed by atoms with Crippen molar-refractivity contribution in [1.29, 1.82) is 10.8 Å². The molecule has 8 heteroatoms. The van der Waals surface area contributed by atoms with Gasteiger partial charge in [0.2, 0.25) is 0 Å². The molecule has 4 N–H and O–H groups in total. The van der Waals surface area contributed by atoms with Crippen molar-refractivity contribution in [3.05, 3.63) is 0 Å². The summed E-state index contributed by atoms with van der Waals surface area (Å²) < 4.78 is 39.6. The monoisotopic (exact) mass is 305 g/mol. The van der Waals surface area contributed by atoms with Crippen molar-refractivity contribution in [3.63, 3.8) is 0 Å². The molecule has 5 nitrogen and oxygen atoms in total. The Morgan fingerprint density at radius 2 is 1.52 bits per heavy atom. The molecule has 2 rings (SSSR count). The molecule has 0 radical (unpaired) electrons. The molecule has 1 aliphatic heterocycles. The van der Waals surface area contributed by atoms with Gasteiger partial charge in [0.15, 0.2) is 18.1 Å². The predicted octanol–water partition coefficient (Wildman–Crippen LogP) is 1.70. The van der Waals surface area contributed by atoms with E-state index in [-0.39, 0.29) is 24.8 Å². The van der Waals surface area contributed by atoms with Crippen LogP contribution in [0.5, 0.6) is 0 Å². The van der Waals surface area contributed by atoms with Gasteiger partial charge in [-0.25, -0.2) is 13.2 Å². The van der Waals surface area contributed by atoms with E-state index in [9.17, 15) is 13.2 Å². The highest BCUT2D eigenvalue weighted by Crippen LogP contribution is 2.27. The molecule has 0 aromatic heterocycles. The maximum atomic E-state index is 13.3. The number of nitrogens with one attached hydrogen (secondary N) is 4. The Morgan fingerprint density at radius 3 is 2.10 bits per heavy atom. The van der Waals surface area contributed by atoms with Crippen LogP contribution in [-0.4, -0.2) is 54.5 Å². The first-order valence-corrected chi connectivity index (χ1v) is 7.35. The second-order valence-electron chi connectivity index (χ2n) is 5.69. The number of hydrogen-bond acceptors (Lipinski definition) is 2. The van der Waals surface area contributed by atoms with E-state index in [0.717, 1.165) is 32.4 Å². The summed E-state index contributed by atoms with van der Waals surface area (Å²) in [6, 6.07) is -0.629. The molecule has 120 valence electrons. The molecule has 1 heterocycles. The zero-order valence-corrected chi connectivity index (χ0v) is 11.8. The summed E-state index contributed by atoms with van der Waals surface area (Å²) >= 11 is 0. The predicted molar refractivity (Wildman–Crippen MR) is 74.9 cm³/mol. The standard InChI is InChI=1S/C13H22F3N5/c14-9-6-8(7-10(15)11(9)16)19-12(17)20-13(18)21-4-2-1-3-5-21/h8-11H,1-7H2,(H4,17,18,19,20)/t8?,9-,10?,11?/m0/s1. The third kappa shape index (κ3) is 4.25. The highest BCUT2D eigenvalue weighted by molar-refractivity contribution is 5.95. The summed E-state index contributed by atoms with van der Waals surface area (Å²) in [5, 5.41) is 20.8. The molecule has 0 aromatic carbocycles. The number of rotatable bonds is 1. The van der Waals surface area contributed by atoms with Gasteiger partial charge in [-0.15, -0.1) is 0 Å². The first kappa shape index (κ1) is 15.9. The van der Waals surface area contributed by atoms with Crippen LogP contribution < -0.4 is 10.6 Å². The molecule has 3 unspecified atom stereocenters. The van der Waals surface area contributed by atoms with E-state index in [1.807, 2.05) is 4.90 Å². The lowest BCUT2D eigenvalue weighted by atomic mass is 9.91. The first-order valence-electron chi connectivity index (χ1n) is 7.35. The molecule has 1 saturated carbocycles. The van der Waals surface area contributed by atoms with Gasteiger partial charge in [0, 0.05) is 32.0 Å². The zero-order valence-electron chi connectivity index (χ0n) is 11.8. The molecule has 21 heavy (non-hydrogen) atoms. The molecule has 1 aliphatic carbocycles. The first-order chi connectivity index (χ1) is 9.97. The van der Waals surface area contributed by atoms with Crippen LogP contribution in [0.4, 0.5) is 13.2 Å². The molecular formula is C13H22F3N5. The van der Waals surface area contributed by atoms with Gasteiger partial charge in [0.25, 0.3) is 0 Å². The number of likely N-dealkylation sites (tertiary alicyclic amines) is 1. The van der Waals surface area contributed by atoms with E-state index in [1.165, 1.54) is 0 Å². The van der Waals surface area contributed by atoms with Crippen molar-refractivity contribution in [2.75, 3.05) is 13.1 Å². The number of nitrogens with zero attached hydrogens (tertiary/aromatic N) is 1. The summed E-state index contributed by atoms with van der Waals surface area (Å²) in [4.78, 5) is 1.83. The van der Waals surface area contributed by atoms with E-state index in [2.05, 4.69) is 10.6 Å². The third-order valence-electron chi connectivity index (χ3n) is 3.97. The van der Waals surface area contributed by atoms with Crippen molar-refractivity contribution in [1.82, 2.24) is 15.5 Å². The average molecular weight is 305 g/mol. The van der Waals surface area contributed by atoms with E-state index in [1.54, 1.807) is 0 Å². The van der Waals surface area contributed by atoms with Crippen molar-refractivity contribution in [2.45, 2.75) is 56.7 Å². The van der Waals surface area contributed by atoms with Gasteiger partial charge in [0.05, 0.1) is 0 Å². The highest BCUT2D eigenvalue weighted by atomic mass is 19.2. The Kier molecular flexibility index (Phi) is 5.30. The Bertz CT molecular complexity index is 374. The molecule has 2 fully saturated rings. The molecule has 2 aliphatic rings. The summed E-state index contributed by atoms with van der Waals surface area (Å²) in [5.41, 5.74) is 0. The Hall–Kier alpha value is -1.47. The number of guanidine groups is 2. The normalized spacial score (nSPS) is 33.4. The minimum absolute atomic E-state index is 0.111. The lowest BCUT2D eigenvalue weighted by Gasteiger charge is -2.32. The Morgan fingerprint density at radius 1 is 0.952 bits per heavy atom. The fourth-order valence-electron chi connectivity index (χ4n) is 2.80. The van der Waals surface area contributed by atoms with E-state index in [4.69, 9.17) is 10.8 Å². The topological polar surface area (TPSA) is 75.0 Å². The Labute approximate surface area is 122 Å². The summed E-state index contributed by atoms with van der Waals surface area (Å²) in [5.74, 6) is -0.0627.